The van der Waals surface area contributed by atoms with Crippen molar-refractivity contribution in [1.82, 2.24) is 39.8 Å². The van der Waals surface area contributed by atoms with Crippen LogP contribution in [-0.2, 0) is 16.6 Å². The first kappa shape index (κ1) is 29.0. The number of H-pyrrole nitrogens is 2. The molecule has 45 heavy (non-hydrogen) atoms. The number of imidazole rings is 1. The summed E-state index contributed by atoms with van der Waals surface area (Å²) in [7, 11) is -3.44. The van der Waals surface area contributed by atoms with E-state index in [0.29, 0.717) is 46.0 Å². The monoisotopic (exact) mass is 626 g/mol. The normalized spacial score (nSPS) is 14.1. The summed E-state index contributed by atoms with van der Waals surface area (Å²) in [6, 6.07) is 14.2. The lowest BCUT2D eigenvalue weighted by molar-refractivity contribution is 0.237. The van der Waals surface area contributed by atoms with Crippen LogP contribution in [0.2, 0.25) is 0 Å². The van der Waals surface area contributed by atoms with E-state index in [4.69, 9.17) is 9.72 Å². The minimum atomic E-state index is -3.44. The Kier molecular flexibility index (Phi) is 7.73. The van der Waals surface area contributed by atoms with Gasteiger partial charge in [-0.3, -0.25) is 15.0 Å². The Hall–Kier alpha value is -4.72. The summed E-state index contributed by atoms with van der Waals surface area (Å²) < 4.78 is 46.2. The van der Waals surface area contributed by atoms with E-state index >= 15 is 0 Å². The summed E-state index contributed by atoms with van der Waals surface area (Å²) in [6.45, 7) is 3.76. The Morgan fingerprint density at radius 2 is 1.89 bits per heavy atom. The number of aromatic nitrogens is 6. The van der Waals surface area contributed by atoms with Gasteiger partial charge < -0.3 is 9.72 Å². The fraction of sp³-hybridized carbons (Fsp3) is 0.250. The average molecular weight is 627 g/mol. The molecule has 3 N–H and O–H groups in total. The van der Waals surface area contributed by atoms with Crippen molar-refractivity contribution in [3.05, 3.63) is 78.5 Å². The zero-order valence-corrected chi connectivity index (χ0v) is 25.4. The zero-order chi connectivity index (χ0) is 31.0. The van der Waals surface area contributed by atoms with Gasteiger partial charge in [0.15, 0.2) is 11.5 Å². The van der Waals surface area contributed by atoms with Crippen molar-refractivity contribution in [2.75, 3.05) is 32.5 Å². The van der Waals surface area contributed by atoms with Gasteiger partial charge in [0.25, 0.3) is 0 Å². The van der Waals surface area contributed by atoms with Crippen LogP contribution in [0.15, 0.2) is 67.1 Å². The fourth-order valence-electron chi connectivity index (χ4n) is 5.71. The molecular formula is C32H31FN8O3S. The highest BCUT2D eigenvalue weighted by Gasteiger charge is 2.18. The van der Waals surface area contributed by atoms with Crippen LogP contribution in [0.5, 0.6) is 5.75 Å². The van der Waals surface area contributed by atoms with Gasteiger partial charge in [-0.2, -0.15) is 5.10 Å². The number of rotatable bonds is 10. The van der Waals surface area contributed by atoms with Crippen molar-refractivity contribution in [3.8, 4) is 39.5 Å². The second kappa shape index (κ2) is 12.0. The largest absolute Gasteiger partial charge is 0.491 e. The lowest BCUT2D eigenvalue weighted by Crippen LogP contribution is -2.25. The molecule has 13 heteroatoms. The molecule has 5 heterocycles. The molecule has 0 spiro atoms. The minimum Gasteiger partial charge on any atom is -0.491 e. The van der Waals surface area contributed by atoms with Crippen LogP contribution >= 0.6 is 0 Å². The number of pyridine rings is 2. The number of ether oxygens (including phenoxy) is 1. The minimum absolute atomic E-state index is 0.0310. The third kappa shape index (κ3) is 6.41. The first-order valence-electron chi connectivity index (χ1n) is 14.7. The Balaban J connectivity index is 1.19. The third-order valence-corrected chi connectivity index (χ3v) is 8.58. The number of nitrogens with zero attached hydrogens (tertiary/aromatic N) is 5. The standard InChI is InChI=1S/C32H31FN8O3S/c1-45(42,43)36-17-20-12-22(14-24(33)13-20)26-6-7-35-31-29(26)37-32(38-31)30-27-16-21(4-5-28(27)39-40-30)23-15-25(19-34-18-23)44-11-10-41-8-2-3-9-41/h4-7,12-16,18-19,36H,2-3,8-11,17H2,1H3,(H,39,40)(H,35,37,38). The molecule has 2 aromatic carbocycles. The number of hydrogen-bond donors (Lipinski definition) is 3. The molecule has 230 valence electrons. The highest BCUT2D eigenvalue weighted by molar-refractivity contribution is 7.88. The third-order valence-electron chi connectivity index (χ3n) is 7.91. The van der Waals surface area contributed by atoms with Gasteiger partial charge in [0, 0.05) is 42.0 Å². The van der Waals surface area contributed by atoms with Gasteiger partial charge in [-0.1, -0.05) is 6.07 Å². The van der Waals surface area contributed by atoms with Crippen molar-refractivity contribution in [2.24, 2.45) is 0 Å². The smallest absolute Gasteiger partial charge is 0.209 e. The SMILES string of the molecule is CS(=O)(=O)NCc1cc(F)cc(-c2ccnc3nc(-c4n[nH]c5ccc(-c6cncc(OCCN7CCCC7)c6)cc45)[nH]c23)c1. The maximum Gasteiger partial charge on any atom is 0.209 e. The molecule has 1 saturated heterocycles. The summed E-state index contributed by atoms with van der Waals surface area (Å²) in [5, 5.41) is 8.49. The second-order valence-electron chi connectivity index (χ2n) is 11.2. The molecule has 0 atom stereocenters. The molecule has 1 aliphatic rings. The number of hydrogen-bond acceptors (Lipinski definition) is 8. The van der Waals surface area contributed by atoms with Crippen molar-refractivity contribution in [3.63, 3.8) is 0 Å². The van der Waals surface area contributed by atoms with E-state index in [0.717, 1.165) is 53.7 Å². The van der Waals surface area contributed by atoms with Crippen molar-refractivity contribution < 1.29 is 17.5 Å². The highest BCUT2D eigenvalue weighted by Crippen LogP contribution is 2.33. The maximum absolute atomic E-state index is 14.6. The number of halogens is 1. The topological polar surface area (TPSA) is 142 Å². The highest BCUT2D eigenvalue weighted by atomic mass is 32.2. The Morgan fingerprint density at radius 3 is 2.73 bits per heavy atom. The quantitative estimate of drug-likeness (QED) is 0.195. The molecule has 6 aromatic rings. The first-order valence-corrected chi connectivity index (χ1v) is 16.6. The van der Waals surface area contributed by atoms with E-state index in [-0.39, 0.29) is 6.54 Å². The van der Waals surface area contributed by atoms with Crippen LogP contribution in [0, 0.1) is 5.82 Å². The van der Waals surface area contributed by atoms with Crippen LogP contribution in [0.3, 0.4) is 0 Å². The zero-order valence-electron chi connectivity index (χ0n) is 24.5. The molecule has 1 aliphatic heterocycles. The Morgan fingerprint density at radius 1 is 1.02 bits per heavy atom. The molecule has 0 aliphatic carbocycles. The van der Waals surface area contributed by atoms with Gasteiger partial charge in [0.1, 0.15) is 23.9 Å². The van der Waals surface area contributed by atoms with Gasteiger partial charge in [0.2, 0.25) is 10.0 Å². The molecule has 0 bridgehead atoms. The van der Waals surface area contributed by atoms with E-state index in [1.54, 1.807) is 24.5 Å². The van der Waals surface area contributed by atoms with Crippen LogP contribution in [0.25, 0.3) is 55.8 Å². The van der Waals surface area contributed by atoms with Crippen LogP contribution in [0.1, 0.15) is 18.4 Å². The molecule has 11 nitrogen and oxygen atoms in total. The summed E-state index contributed by atoms with van der Waals surface area (Å²) in [4.78, 5) is 19.3. The van der Waals surface area contributed by atoms with Crippen LogP contribution in [0.4, 0.5) is 4.39 Å². The molecule has 1 fully saturated rings. The number of aromatic amines is 2. The summed E-state index contributed by atoms with van der Waals surface area (Å²) >= 11 is 0. The van der Waals surface area contributed by atoms with E-state index in [2.05, 4.69) is 34.8 Å². The van der Waals surface area contributed by atoms with Gasteiger partial charge in [0.05, 0.1) is 23.5 Å². The molecule has 4 aromatic heterocycles. The van der Waals surface area contributed by atoms with Crippen molar-refractivity contribution in [2.45, 2.75) is 19.4 Å². The van der Waals surface area contributed by atoms with Crippen LogP contribution in [-0.4, -0.2) is 75.9 Å². The predicted molar refractivity (Wildman–Crippen MR) is 170 cm³/mol. The molecule has 0 radical (unpaired) electrons. The Bertz CT molecular complexity index is 2120. The number of benzene rings is 2. The summed E-state index contributed by atoms with van der Waals surface area (Å²) in [6.07, 6.45) is 8.72. The van der Waals surface area contributed by atoms with Gasteiger partial charge in [-0.05, 0) is 85.1 Å². The average Bonchev–Trinajstić information content (AvgIpc) is 3.79. The van der Waals surface area contributed by atoms with Crippen molar-refractivity contribution >= 4 is 32.1 Å². The van der Waals surface area contributed by atoms with Gasteiger partial charge >= 0.3 is 0 Å². The molecule has 0 amide bonds. The molecule has 7 rings (SSSR count). The summed E-state index contributed by atoms with van der Waals surface area (Å²) in [5.41, 5.74) is 6.09. The Labute approximate surface area is 258 Å². The maximum atomic E-state index is 14.6. The number of sulfonamides is 1. The van der Waals surface area contributed by atoms with E-state index in [1.807, 2.05) is 30.5 Å². The van der Waals surface area contributed by atoms with Crippen LogP contribution < -0.4 is 9.46 Å². The number of nitrogens with one attached hydrogen (secondary N) is 3. The van der Waals surface area contributed by atoms with Gasteiger partial charge in [-0.25, -0.2) is 27.5 Å². The molecule has 0 saturated carbocycles. The predicted octanol–water partition coefficient (Wildman–Crippen LogP) is 4.89. The fourth-order valence-corrected chi connectivity index (χ4v) is 6.14. The van der Waals surface area contributed by atoms with E-state index in [1.165, 1.54) is 25.0 Å². The second-order valence-corrected chi connectivity index (χ2v) is 13.1. The summed E-state index contributed by atoms with van der Waals surface area (Å²) in [5.74, 6) is 0.743. The lowest BCUT2D eigenvalue weighted by Gasteiger charge is -2.15. The van der Waals surface area contributed by atoms with E-state index < -0.39 is 15.8 Å². The first-order chi connectivity index (χ1) is 21.8. The number of likely N-dealkylation sites (tertiary alicyclic amines) is 1. The molecular weight excluding hydrogens is 595 g/mol. The molecule has 0 unspecified atom stereocenters. The van der Waals surface area contributed by atoms with Gasteiger partial charge in [-0.15, -0.1) is 0 Å². The number of fused-ring (bicyclic) bond motifs is 2. The lowest BCUT2D eigenvalue weighted by atomic mass is 10.0. The van der Waals surface area contributed by atoms with E-state index in [9.17, 15) is 12.8 Å². The van der Waals surface area contributed by atoms with Crippen molar-refractivity contribution in [1.29, 1.82) is 0 Å².